The van der Waals surface area contributed by atoms with E-state index in [-0.39, 0.29) is 5.75 Å². The third-order valence-electron chi connectivity index (χ3n) is 4.93. The highest BCUT2D eigenvalue weighted by molar-refractivity contribution is 7.09. The average molecular weight is 398 g/mol. The number of phenolic OH excluding ortho intramolecular Hbond substituents is 1. The number of hydrogen-bond acceptors (Lipinski definition) is 9. The number of aromatic hydroxyl groups is 1. The molecule has 1 aromatic carbocycles. The van der Waals surface area contributed by atoms with Gasteiger partial charge >= 0.3 is 0 Å². The molecule has 1 saturated heterocycles. The van der Waals surface area contributed by atoms with Crippen LogP contribution in [0.4, 0.5) is 5.95 Å². The quantitative estimate of drug-likeness (QED) is 0.693. The highest BCUT2D eigenvalue weighted by Gasteiger charge is 2.27. The topological polar surface area (TPSA) is 100.0 Å². The number of phenols is 1. The molecule has 0 saturated carbocycles. The molecule has 28 heavy (non-hydrogen) atoms. The average Bonchev–Trinajstić information content (AvgIpc) is 3.22. The molecule has 3 aromatic rings. The van der Waals surface area contributed by atoms with Gasteiger partial charge in [0.2, 0.25) is 5.95 Å². The van der Waals surface area contributed by atoms with Gasteiger partial charge in [-0.3, -0.25) is 0 Å². The van der Waals surface area contributed by atoms with Crippen molar-refractivity contribution in [2.75, 3.05) is 18.0 Å². The molecule has 0 amide bonds. The fourth-order valence-electron chi connectivity index (χ4n) is 3.40. The summed E-state index contributed by atoms with van der Waals surface area (Å²) in [5, 5.41) is 23.4. The summed E-state index contributed by atoms with van der Waals surface area (Å²) in [6.45, 7) is 8.28. The van der Waals surface area contributed by atoms with Crippen LogP contribution in [-0.4, -0.2) is 54.8 Å². The molecule has 0 bridgehead atoms. The van der Waals surface area contributed by atoms with Crippen LogP contribution in [0.25, 0.3) is 21.8 Å². The van der Waals surface area contributed by atoms with Crippen molar-refractivity contribution in [3.63, 3.8) is 0 Å². The van der Waals surface area contributed by atoms with Crippen molar-refractivity contribution < 1.29 is 5.11 Å². The summed E-state index contributed by atoms with van der Waals surface area (Å²) < 4.78 is 3.99. The minimum atomic E-state index is 0.118. The molecule has 3 heterocycles. The molecule has 2 aromatic heterocycles. The molecule has 9 heteroatoms. The number of hydrogen-bond donors (Lipinski definition) is 2. The molecule has 1 aliphatic heterocycles. The molecule has 2 N–H and O–H groups in total. The predicted molar refractivity (Wildman–Crippen MR) is 109 cm³/mol. The normalized spacial score (nSPS) is 19.9. The Hall–Kier alpha value is -2.65. The minimum absolute atomic E-state index is 0.118. The van der Waals surface area contributed by atoms with Gasteiger partial charge in [0.25, 0.3) is 0 Å². The van der Waals surface area contributed by atoms with Crippen LogP contribution in [0.2, 0.25) is 0 Å². The summed E-state index contributed by atoms with van der Waals surface area (Å²) >= 11 is 1.28. The third-order valence-corrected chi connectivity index (χ3v) is 5.64. The van der Waals surface area contributed by atoms with Gasteiger partial charge in [-0.2, -0.15) is 4.37 Å². The lowest BCUT2D eigenvalue weighted by molar-refractivity contribution is 0.319. The van der Waals surface area contributed by atoms with Crippen molar-refractivity contribution in [1.29, 1.82) is 0 Å². The molecular formula is C19H23N7OS. The van der Waals surface area contributed by atoms with Gasteiger partial charge in [-0.15, -0.1) is 10.2 Å². The second-order valence-corrected chi connectivity index (χ2v) is 8.23. The summed E-state index contributed by atoms with van der Waals surface area (Å²) in [6.07, 6.45) is 3.17. The van der Waals surface area contributed by atoms with E-state index in [4.69, 9.17) is 0 Å². The number of benzene rings is 1. The Labute approximate surface area is 167 Å². The Balaban J connectivity index is 1.55. The molecule has 0 radical (unpaired) electrons. The maximum Gasteiger partial charge on any atom is 0.245 e. The van der Waals surface area contributed by atoms with Gasteiger partial charge in [-0.1, -0.05) is 19.9 Å². The van der Waals surface area contributed by atoms with Crippen molar-refractivity contribution in [2.45, 2.75) is 32.9 Å². The van der Waals surface area contributed by atoms with Gasteiger partial charge in [-0.25, -0.2) is 9.97 Å². The summed E-state index contributed by atoms with van der Waals surface area (Å²) in [5.41, 5.74) is 1.94. The highest BCUT2D eigenvalue weighted by atomic mass is 32.1. The molecule has 1 aliphatic rings. The van der Waals surface area contributed by atoms with Crippen LogP contribution in [0.1, 0.15) is 20.8 Å². The maximum absolute atomic E-state index is 10.4. The minimum Gasteiger partial charge on any atom is -0.507 e. The second kappa shape index (κ2) is 7.76. The van der Waals surface area contributed by atoms with E-state index in [1.165, 1.54) is 17.9 Å². The lowest BCUT2D eigenvalue weighted by atomic mass is 10.00. The van der Waals surface area contributed by atoms with Gasteiger partial charge in [0.15, 0.2) is 0 Å². The van der Waals surface area contributed by atoms with E-state index >= 15 is 0 Å². The lowest BCUT2D eigenvalue weighted by Gasteiger charge is -2.39. The summed E-state index contributed by atoms with van der Waals surface area (Å²) in [4.78, 5) is 10.8. The fraction of sp³-hybridized carbons (Fsp3) is 0.421. The van der Waals surface area contributed by atoms with Crippen molar-refractivity contribution in [3.05, 3.63) is 30.7 Å². The van der Waals surface area contributed by atoms with Crippen LogP contribution in [0.5, 0.6) is 5.75 Å². The van der Waals surface area contributed by atoms with E-state index in [0.29, 0.717) is 35.2 Å². The summed E-state index contributed by atoms with van der Waals surface area (Å²) in [6, 6.07) is 6.11. The summed E-state index contributed by atoms with van der Waals surface area (Å²) in [5.74, 6) is 1.26. The molecule has 8 nitrogen and oxygen atoms in total. The Morgan fingerprint density at radius 2 is 2.07 bits per heavy atom. The van der Waals surface area contributed by atoms with Crippen LogP contribution in [0, 0.1) is 5.92 Å². The fourth-order valence-corrected chi connectivity index (χ4v) is 3.92. The van der Waals surface area contributed by atoms with E-state index in [2.05, 4.69) is 55.5 Å². The molecule has 146 valence electrons. The Bertz CT molecular complexity index is 930. The maximum atomic E-state index is 10.4. The number of nitrogens with zero attached hydrogens (tertiary/aromatic N) is 6. The van der Waals surface area contributed by atoms with Crippen LogP contribution < -0.4 is 10.2 Å². The van der Waals surface area contributed by atoms with Crippen molar-refractivity contribution in [1.82, 2.24) is 29.9 Å². The number of aromatic nitrogens is 5. The van der Waals surface area contributed by atoms with Crippen LogP contribution in [0.15, 0.2) is 30.7 Å². The first-order chi connectivity index (χ1) is 13.5. The van der Waals surface area contributed by atoms with Crippen molar-refractivity contribution in [2.24, 2.45) is 5.92 Å². The summed E-state index contributed by atoms with van der Waals surface area (Å²) in [7, 11) is 0. The van der Waals surface area contributed by atoms with Gasteiger partial charge in [0.05, 0.1) is 6.20 Å². The zero-order valence-electron chi connectivity index (χ0n) is 16.1. The molecular weight excluding hydrogens is 374 g/mol. The number of rotatable bonds is 4. The van der Waals surface area contributed by atoms with Crippen LogP contribution in [0.3, 0.4) is 0 Å². The SMILES string of the molecule is CC(C)[C@@H]1CN(c2ncc(-c3ccc(-c4ncns4)cc3O)nn2)C[C@H](C)N1. The van der Waals surface area contributed by atoms with Gasteiger partial charge in [0, 0.05) is 36.3 Å². The molecule has 1 fully saturated rings. The van der Waals surface area contributed by atoms with E-state index in [0.717, 1.165) is 23.7 Å². The van der Waals surface area contributed by atoms with E-state index in [1.54, 1.807) is 18.3 Å². The van der Waals surface area contributed by atoms with Gasteiger partial charge in [-0.05, 0) is 36.5 Å². The zero-order chi connectivity index (χ0) is 19.7. The molecule has 0 aliphatic carbocycles. The molecule has 2 atom stereocenters. The predicted octanol–water partition coefficient (Wildman–Crippen LogP) is 2.59. The molecule has 0 spiro atoms. The lowest BCUT2D eigenvalue weighted by Crippen LogP contribution is -2.57. The van der Waals surface area contributed by atoms with E-state index in [9.17, 15) is 5.11 Å². The smallest absolute Gasteiger partial charge is 0.245 e. The monoisotopic (exact) mass is 397 g/mol. The first-order valence-corrected chi connectivity index (χ1v) is 10.1. The Morgan fingerprint density at radius 3 is 2.71 bits per heavy atom. The van der Waals surface area contributed by atoms with Crippen molar-refractivity contribution >= 4 is 17.5 Å². The first-order valence-electron chi connectivity index (χ1n) is 9.32. The van der Waals surface area contributed by atoms with Gasteiger partial charge < -0.3 is 15.3 Å². The Kier molecular flexibility index (Phi) is 5.19. The number of anilines is 1. The van der Waals surface area contributed by atoms with E-state index in [1.807, 2.05) is 6.07 Å². The molecule has 0 unspecified atom stereocenters. The zero-order valence-corrected chi connectivity index (χ0v) is 16.9. The van der Waals surface area contributed by atoms with Crippen LogP contribution >= 0.6 is 11.5 Å². The number of piperazine rings is 1. The first kappa shape index (κ1) is 18.7. The third kappa shape index (κ3) is 3.81. The van der Waals surface area contributed by atoms with Crippen LogP contribution in [-0.2, 0) is 0 Å². The highest BCUT2D eigenvalue weighted by Crippen LogP contribution is 2.32. The second-order valence-electron chi connectivity index (χ2n) is 7.44. The van der Waals surface area contributed by atoms with E-state index < -0.39 is 0 Å². The Morgan fingerprint density at radius 1 is 1.21 bits per heavy atom. The van der Waals surface area contributed by atoms with Crippen molar-refractivity contribution in [3.8, 4) is 27.6 Å². The largest absolute Gasteiger partial charge is 0.507 e. The number of nitrogens with one attached hydrogen (secondary N) is 1. The molecule has 4 rings (SSSR count). The standard InChI is InChI=1S/C19H23N7OS/c1-11(2)16-9-26(8-12(3)23-16)19-20-7-15(24-25-19)14-5-4-13(6-17(14)27)18-21-10-22-28-18/h4-7,10-12,16,23,27H,8-9H2,1-3H3/t12-,16-/m0/s1. The van der Waals surface area contributed by atoms with Gasteiger partial charge in [0.1, 0.15) is 22.8 Å².